The van der Waals surface area contributed by atoms with Crippen LogP contribution in [0.1, 0.15) is 57.7 Å². The van der Waals surface area contributed by atoms with Crippen LogP contribution < -0.4 is 5.32 Å². The van der Waals surface area contributed by atoms with Gasteiger partial charge in [0, 0.05) is 41.6 Å². The van der Waals surface area contributed by atoms with Gasteiger partial charge in [-0.15, -0.1) is 0 Å². The van der Waals surface area contributed by atoms with Crippen LogP contribution in [0.3, 0.4) is 0 Å². The number of nitrogens with zero attached hydrogens (tertiary/aromatic N) is 3. The van der Waals surface area contributed by atoms with Gasteiger partial charge in [0.2, 0.25) is 0 Å². The van der Waals surface area contributed by atoms with Gasteiger partial charge in [0.15, 0.2) is 0 Å². The van der Waals surface area contributed by atoms with Crippen molar-refractivity contribution in [3.8, 4) is 5.69 Å². The van der Waals surface area contributed by atoms with E-state index in [1.165, 1.54) is 0 Å². The van der Waals surface area contributed by atoms with E-state index in [-0.39, 0.29) is 11.8 Å². The summed E-state index contributed by atoms with van der Waals surface area (Å²) in [6.45, 7) is 2.55. The lowest BCUT2D eigenvalue weighted by atomic mass is 10.1. The average molecular weight is 415 g/mol. The first-order valence-electron chi connectivity index (χ1n) is 10.9. The molecule has 5 rings (SSSR count). The Labute approximate surface area is 181 Å². The lowest BCUT2D eigenvalue weighted by Crippen LogP contribution is -2.32. The standard InChI is InChI=1S/C25H26N4O2/c1-17-14-15-26-29(17)23-10-6-20(7-11-23)25(31)28(22-12-13-22)16-18-2-4-19(5-3-18)24(30)27-21-8-9-21/h2-7,10-11,14-15,21-22H,8-9,12-13,16H2,1H3,(H,27,30). The minimum absolute atomic E-state index is 0.0170. The third kappa shape index (κ3) is 4.38. The Morgan fingerprint density at radius 1 is 0.968 bits per heavy atom. The van der Waals surface area contributed by atoms with Gasteiger partial charge >= 0.3 is 0 Å². The molecule has 158 valence electrons. The number of hydrogen-bond donors (Lipinski definition) is 1. The van der Waals surface area contributed by atoms with Crippen molar-refractivity contribution < 1.29 is 9.59 Å². The first kappa shape index (κ1) is 19.5. The second-order valence-electron chi connectivity index (χ2n) is 8.54. The Balaban J connectivity index is 1.28. The predicted octanol–water partition coefficient (Wildman–Crippen LogP) is 3.88. The molecule has 1 heterocycles. The van der Waals surface area contributed by atoms with Crippen LogP contribution in [-0.2, 0) is 6.54 Å². The van der Waals surface area contributed by atoms with Crippen molar-refractivity contribution in [2.75, 3.05) is 0 Å². The Morgan fingerprint density at radius 2 is 1.65 bits per heavy atom. The number of rotatable bonds is 7. The highest BCUT2D eigenvalue weighted by Crippen LogP contribution is 2.30. The fourth-order valence-electron chi connectivity index (χ4n) is 3.76. The van der Waals surface area contributed by atoms with Crippen LogP contribution in [-0.4, -0.2) is 38.6 Å². The van der Waals surface area contributed by atoms with Crippen molar-refractivity contribution >= 4 is 11.8 Å². The van der Waals surface area contributed by atoms with Crippen molar-refractivity contribution in [3.63, 3.8) is 0 Å². The number of aryl methyl sites for hydroxylation is 1. The third-order valence-corrected chi connectivity index (χ3v) is 5.92. The molecule has 1 aromatic heterocycles. The third-order valence-electron chi connectivity index (χ3n) is 5.92. The molecule has 31 heavy (non-hydrogen) atoms. The fourth-order valence-corrected chi connectivity index (χ4v) is 3.76. The quantitative estimate of drug-likeness (QED) is 0.638. The molecular formula is C25H26N4O2. The van der Waals surface area contributed by atoms with Crippen LogP contribution in [0.15, 0.2) is 60.8 Å². The molecule has 0 spiro atoms. The number of hydrogen-bond acceptors (Lipinski definition) is 3. The summed E-state index contributed by atoms with van der Waals surface area (Å²) in [5.74, 6) is 0.0264. The van der Waals surface area contributed by atoms with E-state index in [0.29, 0.717) is 29.8 Å². The highest BCUT2D eigenvalue weighted by molar-refractivity contribution is 5.95. The highest BCUT2D eigenvalue weighted by Gasteiger charge is 2.33. The zero-order valence-electron chi connectivity index (χ0n) is 17.6. The van der Waals surface area contributed by atoms with E-state index >= 15 is 0 Å². The molecule has 0 bridgehead atoms. The molecule has 1 N–H and O–H groups in total. The van der Waals surface area contributed by atoms with Gasteiger partial charge in [0.05, 0.1) is 5.69 Å². The van der Waals surface area contributed by atoms with Crippen molar-refractivity contribution in [1.82, 2.24) is 20.0 Å². The molecule has 0 radical (unpaired) electrons. The molecule has 2 aromatic carbocycles. The van der Waals surface area contributed by atoms with Crippen LogP contribution in [0.25, 0.3) is 5.69 Å². The molecule has 0 saturated heterocycles. The van der Waals surface area contributed by atoms with E-state index in [4.69, 9.17) is 0 Å². The molecule has 0 unspecified atom stereocenters. The number of benzene rings is 2. The maximum atomic E-state index is 13.2. The van der Waals surface area contributed by atoms with Crippen molar-refractivity contribution in [3.05, 3.63) is 83.2 Å². The van der Waals surface area contributed by atoms with Gasteiger partial charge in [0.25, 0.3) is 11.8 Å². The van der Waals surface area contributed by atoms with Gasteiger partial charge in [-0.25, -0.2) is 4.68 Å². The molecule has 2 aliphatic carbocycles. The molecule has 2 saturated carbocycles. The summed E-state index contributed by atoms with van der Waals surface area (Å²) in [5.41, 5.74) is 4.38. The van der Waals surface area contributed by atoms with Crippen LogP contribution in [0.2, 0.25) is 0 Å². The van der Waals surface area contributed by atoms with Gasteiger partial charge in [-0.05, 0) is 80.6 Å². The Kier molecular flexibility index (Phi) is 5.06. The predicted molar refractivity (Wildman–Crippen MR) is 118 cm³/mol. The fraction of sp³-hybridized carbons (Fsp3) is 0.320. The van der Waals surface area contributed by atoms with Gasteiger partial charge in [0.1, 0.15) is 0 Å². The van der Waals surface area contributed by atoms with Gasteiger partial charge in [-0.1, -0.05) is 12.1 Å². The monoisotopic (exact) mass is 414 g/mol. The average Bonchev–Trinajstić information content (AvgIpc) is 3.72. The van der Waals surface area contributed by atoms with Crippen LogP contribution in [0, 0.1) is 6.92 Å². The van der Waals surface area contributed by atoms with Crippen molar-refractivity contribution in [2.45, 2.75) is 51.2 Å². The van der Waals surface area contributed by atoms with Crippen molar-refractivity contribution in [2.24, 2.45) is 0 Å². The summed E-state index contributed by atoms with van der Waals surface area (Å²) in [6, 6.07) is 17.8. The SMILES string of the molecule is Cc1ccnn1-c1ccc(C(=O)N(Cc2ccc(C(=O)NC3CC3)cc2)C2CC2)cc1. The Hall–Kier alpha value is -3.41. The van der Waals surface area contributed by atoms with E-state index in [9.17, 15) is 9.59 Å². The zero-order chi connectivity index (χ0) is 21.4. The normalized spacial score (nSPS) is 15.5. The molecule has 2 aliphatic rings. The Bertz CT molecular complexity index is 1090. The summed E-state index contributed by atoms with van der Waals surface area (Å²) in [7, 11) is 0. The lowest BCUT2D eigenvalue weighted by molar-refractivity contribution is 0.0729. The van der Waals surface area contributed by atoms with E-state index in [2.05, 4.69) is 10.4 Å². The second kappa shape index (κ2) is 8.02. The van der Waals surface area contributed by atoms with Crippen LogP contribution in [0.4, 0.5) is 0 Å². The first-order valence-corrected chi connectivity index (χ1v) is 10.9. The van der Waals surface area contributed by atoms with E-state index in [1.807, 2.05) is 71.1 Å². The summed E-state index contributed by atoms with van der Waals surface area (Å²) in [4.78, 5) is 27.4. The molecule has 6 heteroatoms. The summed E-state index contributed by atoms with van der Waals surface area (Å²) in [6.07, 6.45) is 6.00. The maximum Gasteiger partial charge on any atom is 0.254 e. The highest BCUT2D eigenvalue weighted by atomic mass is 16.2. The first-order chi connectivity index (χ1) is 15.1. The van der Waals surface area contributed by atoms with Gasteiger partial charge < -0.3 is 10.2 Å². The topological polar surface area (TPSA) is 67.2 Å². The number of carbonyl (C=O) groups excluding carboxylic acids is 2. The number of aromatic nitrogens is 2. The van der Waals surface area contributed by atoms with Crippen LogP contribution in [0.5, 0.6) is 0 Å². The number of amides is 2. The molecule has 6 nitrogen and oxygen atoms in total. The molecule has 2 amide bonds. The Morgan fingerprint density at radius 3 is 2.23 bits per heavy atom. The van der Waals surface area contributed by atoms with E-state index in [0.717, 1.165) is 42.6 Å². The number of nitrogens with one attached hydrogen (secondary N) is 1. The molecular weight excluding hydrogens is 388 g/mol. The maximum absolute atomic E-state index is 13.2. The van der Waals surface area contributed by atoms with Crippen molar-refractivity contribution in [1.29, 1.82) is 0 Å². The minimum atomic E-state index is -0.0170. The summed E-state index contributed by atoms with van der Waals surface area (Å²) in [5, 5.41) is 7.33. The van der Waals surface area contributed by atoms with Gasteiger partial charge in [-0.3, -0.25) is 9.59 Å². The van der Waals surface area contributed by atoms with E-state index in [1.54, 1.807) is 6.20 Å². The molecule has 3 aromatic rings. The zero-order valence-corrected chi connectivity index (χ0v) is 17.6. The summed E-state index contributed by atoms with van der Waals surface area (Å²) < 4.78 is 1.86. The van der Waals surface area contributed by atoms with Crippen LogP contribution >= 0.6 is 0 Å². The van der Waals surface area contributed by atoms with Gasteiger partial charge in [-0.2, -0.15) is 5.10 Å². The molecule has 0 atom stereocenters. The molecule has 0 aliphatic heterocycles. The number of carbonyl (C=O) groups is 2. The molecule has 2 fully saturated rings. The smallest absolute Gasteiger partial charge is 0.254 e. The summed E-state index contributed by atoms with van der Waals surface area (Å²) >= 11 is 0. The largest absolute Gasteiger partial charge is 0.349 e. The second-order valence-corrected chi connectivity index (χ2v) is 8.54. The van der Waals surface area contributed by atoms with E-state index < -0.39 is 0 Å². The lowest BCUT2D eigenvalue weighted by Gasteiger charge is -2.23. The minimum Gasteiger partial charge on any atom is -0.349 e.